The second-order valence-corrected chi connectivity index (χ2v) is 5.59. The molecule has 1 heterocycles. The van der Waals surface area contributed by atoms with Gasteiger partial charge in [-0.15, -0.1) is 0 Å². The molecule has 1 aliphatic rings. The van der Waals surface area contributed by atoms with E-state index in [9.17, 15) is 4.79 Å². The van der Waals surface area contributed by atoms with Crippen molar-refractivity contribution in [2.24, 2.45) is 0 Å². The second kappa shape index (κ2) is 5.83. The Morgan fingerprint density at radius 1 is 1.59 bits per heavy atom. The Hall–Kier alpha value is -0.610. The maximum Gasteiger partial charge on any atom is 0.238 e. The zero-order valence-electron chi connectivity index (χ0n) is 11.8. The van der Waals surface area contributed by atoms with Crippen molar-refractivity contribution in [2.45, 2.75) is 58.2 Å². The van der Waals surface area contributed by atoms with Gasteiger partial charge in [0.15, 0.2) is 0 Å². The van der Waals surface area contributed by atoms with Gasteiger partial charge in [-0.3, -0.25) is 9.69 Å². The van der Waals surface area contributed by atoms with E-state index in [1.165, 1.54) is 0 Å². The Kier molecular flexibility index (Phi) is 4.95. The predicted molar refractivity (Wildman–Crippen MR) is 71.0 cm³/mol. The van der Waals surface area contributed by atoms with Crippen LogP contribution in [-0.2, 0) is 4.79 Å². The molecule has 0 spiro atoms. The molecule has 1 saturated heterocycles. The van der Waals surface area contributed by atoms with E-state index in [2.05, 4.69) is 43.2 Å². The van der Waals surface area contributed by atoms with Gasteiger partial charge < -0.3 is 10.6 Å². The van der Waals surface area contributed by atoms with E-state index in [-0.39, 0.29) is 17.5 Å². The number of carbonyl (C=O) groups excluding carboxylic acids is 1. The van der Waals surface area contributed by atoms with E-state index in [0.29, 0.717) is 12.6 Å². The molecule has 0 bridgehead atoms. The van der Waals surface area contributed by atoms with E-state index in [1.54, 1.807) is 0 Å². The third-order valence-electron chi connectivity index (χ3n) is 3.84. The fourth-order valence-electron chi connectivity index (χ4n) is 2.77. The largest absolute Gasteiger partial charge is 0.355 e. The summed E-state index contributed by atoms with van der Waals surface area (Å²) in [7, 11) is 1.90. The van der Waals surface area contributed by atoms with Gasteiger partial charge in [-0.1, -0.05) is 6.92 Å². The number of amides is 1. The fourth-order valence-corrected chi connectivity index (χ4v) is 2.77. The molecule has 100 valence electrons. The summed E-state index contributed by atoms with van der Waals surface area (Å²) in [5.41, 5.74) is 0.0656. The van der Waals surface area contributed by atoms with E-state index < -0.39 is 0 Å². The molecule has 0 aromatic carbocycles. The van der Waals surface area contributed by atoms with Crippen molar-refractivity contribution in [2.75, 3.05) is 20.1 Å². The van der Waals surface area contributed by atoms with Crippen molar-refractivity contribution in [3.8, 4) is 0 Å². The number of nitrogens with one attached hydrogen (secondary N) is 2. The van der Waals surface area contributed by atoms with Gasteiger partial charge in [-0.2, -0.15) is 0 Å². The molecule has 0 radical (unpaired) electrons. The average Bonchev–Trinajstić information content (AvgIpc) is 2.36. The van der Waals surface area contributed by atoms with Crippen LogP contribution in [0.1, 0.15) is 40.5 Å². The third kappa shape index (κ3) is 3.19. The Balaban J connectivity index is 3.02. The molecule has 1 fully saturated rings. The summed E-state index contributed by atoms with van der Waals surface area (Å²) in [5.74, 6) is 0.158. The number of hydrogen-bond acceptors (Lipinski definition) is 3. The number of rotatable bonds is 4. The molecule has 0 aromatic rings. The first kappa shape index (κ1) is 14.5. The molecule has 1 rings (SSSR count). The zero-order valence-corrected chi connectivity index (χ0v) is 11.8. The van der Waals surface area contributed by atoms with E-state index in [1.807, 2.05) is 7.05 Å². The SMILES string of the molecule is CCC(C)N1C(CNC)C(=O)NCCC1(C)C. The van der Waals surface area contributed by atoms with Gasteiger partial charge in [-0.25, -0.2) is 0 Å². The van der Waals surface area contributed by atoms with Crippen LogP contribution < -0.4 is 10.6 Å². The zero-order chi connectivity index (χ0) is 13.1. The molecule has 0 saturated carbocycles. The van der Waals surface area contributed by atoms with Crippen LogP contribution in [0.15, 0.2) is 0 Å². The van der Waals surface area contributed by atoms with Gasteiger partial charge in [0.2, 0.25) is 5.91 Å². The van der Waals surface area contributed by atoms with Crippen LogP contribution in [0.5, 0.6) is 0 Å². The lowest BCUT2D eigenvalue weighted by atomic mass is 9.94. The normalized spacial score (nSPS) is 27.4. The van der Waals surface area contributed by atoms with Crippen molar-refractivity contribution in [1.29, 1.82) is 0 Å². The summed E-state index contributed by atoms with van der Waals surface area (Å²) >= 11 is 0. The summed E-state index contributed by atoms with van der Waals surface area (Å²) < 4.78 is 0. The Morgan fingerprint density at radius 3 is 2.76 bits per heavy atom. The van der Waals surface area contributed by atoms with Crippen LogP contribution >= 0.6 is 0 Å². The maximum absolute atomic E-state index is 12.1. The lowest BCUT2D eigenvalue weighted by Crippen LogP contribution is -2.59. The predicted octanol–water partition coefficient (Wildman–Crippen LogP) is 0.973. The molecule has 2 unspecified atom stereocenters. The minimum atomic E-state index is -0.0625. The summed E-state index contributed by atoms with van der Waals surface area (Å²) in [6.45, 7) is 10.4. The minimum Gasteiger partial charge on any atom is -0.355 e. The Bertz CT molecular complexity index is 265. The summed E-state index contributed by atoms with van der Waals surface area (Å²) in [6, 6.07) is 0.361. The molecular weight excluding hydrogens is 214 g/mol. The number of likely N-dealkylation sites (N-methyl/N-ethyl adjacent to an activating group) is 1. The van der Waals surface area contributed by atoms with Crippen LogP contribution in [0.25, 0.3) is 0 Å². The van der Waals surface area contributed by atoms with Crippen molar-refractivity contribution >= 4 is 5.91 Å². The van der Waals surface area contributed by atoms with Gasteiger partial charge >= 0.3 is 0 Å². The lowest BCUT2D eigenvalue weighted by molar-refractivity contribution is -0.128. The van der Waals surface area contributed by atoms with Crippen molar-refractivity contribution < 1.29 is 4.79 Å². The molecule has 0 aliphatic carbocycles. The first-order valence-corrected chi connectivity index (χ1v) is 6.64. The summed E-state index contributed by atoms with van der Waals surface area (Å²) in [5, 5.41) is 6.16. The third-order valence-corrected chi connectivity index (χ3v) is 3.84. The van der Waals surface area contributed by atoms with E-state index in [0.717, 1.165) is 19.4 Å². The van der Waals surface area contributed by atoms with E-state index in [4.69, 9.17) is 0 Å². The van der Waals surface area contributed by atoms with Crippen molar-refractivity contribution in [1.82, 2.24) is 15.5 Å². The highest BCUT2D eigenvalue weighted by Gasteiger charge is 2.40. The molecule has 2 atom stereocenters. The number of carbonyl (C=O) groups is 1. The van der Waals surface area contributed by atoms with E-state index >= 15 is 0 Å². The smallest absolute Gasteiger partial charge is 0.238 e. The highest BCUT2D eigenvalue weighted by Crippen LogP contribution is 2.27. The second-order valence-electron chi connectivity index (χ2n) is 5.59. The molecule has 4 heteroatoms. The summed E-state index contributed by atoms with van der Waals surface area (Å²) in [4.78, 5) is 14.5. The highest BCUT2D eigenvalue weighted by atomic mass is 16.2. The van der Waals surface area contributed by atoms with Gasteiger partial charge in [0, 0.05) is 24.7 Å². The molecular formula is C13H27N3O. The van der Waals surface area contributed by atoms with Crippen molar-refractivity contribution in [3.63, 3.8) is 0 Å². The van der Waals surface area contributed by atoms with Crippen LogP contribution in [0.3, 0.4) is 0 Å². The summed E-state index contributed by atoms with van der Waals surface area (Å²) in [6.07, 6.45) is 2.07. The standard InChI is InChI=1S/C13H27N3O/c1-6-10(2)16-11(9-14-5)12(17)15-8-7-13(16,3)4/h10-11,14H,6-9H2,1-5H3,(H,15,17). The van der Waals surface area contributed by atoms with Gasteiger partial charge in [0.1, 0.15) is 6.04 Å². The van der Waals surface area contributed by atoms with Crippen LogP contribution in [-0.4, -0.2) is 48.6 Å². The monoisotopic (exact) mass is 241 g/mol. The number of hydrogen-bond donors (Lipinski definition) is 2. The minimum absolute atomic E-state index is 0.0625. The molecule has 0 aromatic heterocycles. The quantitative estimate of drug-likeness (QED) is 0.771. The molecule has 2 N–H and O–H groups in total. The van der Waals surface area contributed by atoms with Gasteiger partial charge in [-0.05, 0) is 40.7 Å². The Morgan fingerprint density at radius 2 is 2.24 bits per heavy atom. The average molecular weight is 241 g/mol. The van der Waals surface area contributed by atoms with Crippen molar-refractivity contribution in [3.05, 3.63) is 0 Å². The number of nitrogens with zero attached hydrogens (tertiary/aromatic N) is 1. The first-order chi connectivity index (χ1) is 7.94. The fraction of sp³-hybridized carbons (Fsp3) is 0.923. The van der Waals surface area contributed by atoms with Crippen LogP contribution in [0, 0.1) is 0 Å². The van der Waals surface area contributed by atoms with Gasteiger partial charge in [0.05, 0.1) is 0 Å². The lowest BCUT2D eigenvalue weighted by Gasteiger charge is -2.44. The highest BCUT2D eigenvalue weighted by molar-refractivity contribution is 5.82. The maximum atomic E-state index is 12.1. The topological polar surface area (TPSA) is 44.4 Å². The van der Waals surface area contributed by atoms with Gasteiger partial charge in [0.25, 0.3) is 0 Å². The molecule has 1 aliphatic heterocycles. The Labute approximate surface area is 105 Å². The van der Waals surface area contributed by atoms with Crippen LogP contribution in [0.4, 0.5) is 0 Å². The molecule has 1 amide bonds. The molecule has 4 nitrogen and oxygen atoms in total. The van der Waals surface area contributed by atoms with Crippen LogP contribution in [0.2, 0.25) is 0 Å². The first-order valence-electron chi connectivity index (χ1n) is 6.64. The molecule has 17 heavy (non-hydrogen) atoms.